The number of carbonyl (C=O) groups excluding carboxylic acids is 1. The molecule has 0 bridgehead atoms. The first-order chi connectivity index (χ1) is 14.4. The minimum absolute atomic E-state index is 0.220. The smallest absolute Gasteiger partial charge is 0.251 e. The molecule has 1 unspecified atom stereocenters. The molecule has 1 amide bonds. The number of nitrogens with one attached hydrogen (secondary N) is 1. The summed E-state index contributed by atoms with van der Waals surface area (Å²) in [6.45, 7) is 6.18. The molecule has 3 rings (SSSR count). The molecule has 0 fully saturated rings. The highest BCUT2D eigenvalue weighted by Crippen LogP contribution is 2.24. The minimum Gasteiger partial charge on any atom is -0.496 e. The average molecular weight is 407 g/mol. The van der Waals surface area contributed by atoms with Gasteiger partial charge in [-0.2, -0.15) is 0 Å². The molecule has 0 aliphatic rings. The SMILES string of the molecule is COc1ccc(C(=O)NC(C)c2ccc(F)cc2)cc1COc1cc(C)cc(C)c1. The zero-order chi connectivity index (χ0) is 21.7. The van der Waals surface area contributed by atoms with E-state index >= 15 is 0 Å². The Morgan fingerprint density at radius 1 is 1.00 bits per heavy atom. The lowest BCUT2D eigenvalue weighted by atomic mass is 10.1. The van der Waals surface area contributed by atoms with Crippen LogP contribution in [0.4, 0.5) is 4.39 Å². The molecule has 0 aromatic heterocycles. The first kappa shape index (κ1) is 21.4. The largest absolute Gasteiger partial charge is 0.496 e. The lowest BCUT2D eigenvalue weighted by Crippen LogP contribution is -2.26. The molecule has 4 nitrogen and oxygen atoms in total. The molecule has 0 saturated carbocycles. The topological polar surface area (TPSA) is 47.6 Å². The van der Waals surface area contributed by atoms with Crippen molar-refractivity contribution in [2.75, 3.05) is 7.11 Å². The summed E-state index contributed by atoms with van der Waals surface area (Å²) in [5.74, 6) is 0.903. The van der Waals surface area contributed by atoms with Gasteiger partial charge in [-0.25, -0.2) is 4.39 Å². The number of rotatable bonds is 7. The van der Waals surface area contributed by atoms with Gasteiger partial charge in [0.1, 0.15) is 23.9 Å². The molecule has 156 valence electrons. The van der Waals surface area contributed by atoms with Crippen molar-refractivity contribution in [1.29, 1.82) is 0 Å². The van der Waals surface area contributed by atoms with Crippen molar-refractivity contribution in [2.24, 2.45) is 0 Å². The maximum absolute atomic E-state index is 13.1. The number of amides is 1. The average Bonchev–Trinajstić information content (AvgIpc) is 2.71. The van der Waals surface area contributed by atoms with Crippen LogP contribution < -0.4 is 14.8 Å². The van der Waals surface area contributed by atoms with E-state index in [1.165, 1.54) is 12.1 Å². The highest BCUT2D eigenvalue weighted by atomic mass is 19.1. The van der Waals surface area contributed by atoms with E-state index in [9.17, 15) is 9.18 Å². The van der Waals surface area contributed by atoms with Gasteiger partial charge in [-0.15, -0.1) is 0 Å². The van der Waals surface area contributed by atoms with Gasteiger partial charge < -0.3 is 14.8 Å². The van der Waals surface area contributed by atoms with Gasteiger partial charge in [0, 0.05) is 11.1 Å². The summed E-state index contributed by atoms with van der Waals surface area (Å²) in [5, 5.41) is 2.94. The standard InChI is InChI=1S/C25H26FNO3/c1-16-11-17(2)13-23(12-16)30-15-21-14-20(7-10-24(21)29-4)25(28)27-18(3)19-5-8-22(26)9-6-19/h5-14,18H,15H2,1-4H3,(H,27,28). The summed E-state index contributed by atoms with van der Waals surface area (Å²) in [6, 6.07) is 17.1. The molecule has 30 heavy (non-hydrogen) atoms. The van der Waals surface area contributed by atoms with E-state index in [0.717, 1.165) is 28.0 Å². The Balaban J connectivity index is 1.74. The van der Waals surface area contributed by atoms with E-state index < -0.39 is 0 Å². The van der Waals surface area contributed by atoms with Gasteiger partial charge in [0.2, 0.25) is 0 Å². The molecule has 5 heteroatoms. The molecular formula is C25H26FNO3. The van der Waals surface area contributed by atoms with Crippen LogP contribution in [0.3, 0.4) is 0 Å². The summed E-state index contributed by atoms with van der Waals surface area (Å²) >= 11 is 0. The summed E-state index contributed by atoms with van der Waals surface area (Å²) in [5.41, 5.74) is 4.36. The maximum Gasteiger partial charge on any atom is 0.251 e. The van der Waals surface area contributed by atoms with Crippen molar-refractivity contribution < 1.29 is 18.7 Å². The zero-order valence-corrected chi connectivity index (χ0v) is 17.7. The highest BCUT2D eigenvalue weighted by Gasteiger charge is 2.14. The van der Waals surface area contributed by atoms with Crippen LogP contribution in [0, 0.1) is 19.7 Å². The molecule has 0 spiro atoms. The van der Waals surface area contributed by atoms with Crippen LogP contribution in [0.1, 0.15) is 45.6 Å². The highest BCUT2D eigenvalue weighted by molar-refractivity contribution is 5.94. The summed E-state index contributed by atoms with van der Waals surface area (Å²) < 4.78 is 24.5. The second-order valence-electron chi connectivity index (χ2n) is 7.39. The maximum atomic E-state index is 13.1. The van der Waals surface area contributed by atoms with Crippen LogP contribution in [0.25, 0.3) is 0 Å². The van der Waals surface area contributed by atoms with Crippen LogP contribution in [0.5, 0.6) is 11.5 Å². The second-order valence-corrected chi connectivity index (χ2v) is 7.39. The van der Waals surface area contributed by atoms with Gasteiger partial charge in [0.15, 0.2) is 0 Å². The Kier molecular flexibility index (Phi) is 6.72. The van der Waals surface area contributed by atoms with Gasteiger partial charge in [-0.3, -0.25) is 4.79 Å². The molecule has 0 saturated heterocycles. The fraction of sp³-hybridized carbons (Fsp3) is 0.240. The number of halogens is 1. The van der Waals surface area contributed by atoms with Crippen molar-refractivity contribution in [3.8, 4) is 11.5 Å². The number of methoxy groups -OCH3 is 1. The lowest BCUT2D eigenvalue weighted by Gasteiger charge is -2.16. The minimum atomic E-state index is -0.305. The van der Waals surface area contributed by atoms with Gasteiger partial charge in [0.25, 0.3) is 5.91 Å². The molecule has 3 aromatic rings. The van der Waals surface area contributed by atoms with Crippen molar-refractivity contribution in [3.63, 3.8) is 0 Å². The van der Waals surface area contributed by atoms with Crippen LogP contribution in [-0.4, -0.2) is 13.0 Å². The van der Waals surface area contributed by atoms with Crippen molar-refractivity contribution in [2.45, 2.75) is 33.4 Å². The van der Waals surface area contributed by atoms with Gasteiger partial charge in [0.05, 0.1) is 13.2 Å². The van der Waals surface area contributed by atoms with Crippen LogP contribution in [0.2, 0.25) is 0 Å². The number of ether oxygens (including phenoxy) is 2. The molecular weight excluding hydrogens is 381 g/mol. The van der Waals surface area contributed by atoms with Crippen LogP contribution in [-0.2, 0) is 6.61 Å². The van der Waals surface area contributed by atoms with Gasteiger partial charge in [-0.05, 0) is 79.9 Å². The zero-order valence-electron chi connectivity index (χ0n) is 17.7. The molecule has 0 aliphatic carbocycles. The fourth-order valence-corrected chi connectivity index (χ4v) is 3.32. The third-order valence-corrected chi connectivity index (χ3v) is 4.85. The van der Waals surface area contributed by atoms with Crippen molar-refractivity contribution in [3.05, 3.63) is 94.3 Å². The summed E-state index contributed by atoms with van der Waals surface area (Å²) in [6.07, 6.45) is 0. The number of hydrogen-bond acceptors (Lipinski definition) is 3. The molecule has 1 N–H and O–H groups in total. The lowest BCUT2D eigenvalue weighted by molar-refractivity contribution is 0.0939. The predicted molar refractivity (Wildman–Crippen MR) is 116 cm³/mol. The van der Waals surface area contributed by atoms with E-state index in [-0.39, 0.29) is 24.4 Å². The van der Waals surface area contributed by atoms with E-state index in [2.05, 4.69) is 11.4 Å². The molecule has 0 aliphatic heterocycles. The Bertz CT molecular complexity index is 1010. The first-order valence-corrected chi connectivity index (χ1v) is 9.80. The monoisotopic (exact) mass is 407 g/mol. The van der Waals surface area contributed by atoms with E-state index in [1.807, 2.05) is 32.9 Å². The Labute approximate surface area is 176 Å². The van der Waals surface area contributed by atoms with E-state index in [1.54, 1.807) is 37.4 Å². The number of hydrogen-bond donors (Lipinski definition) is 1. The quantitative estimate of drug-likeness (QED) is 0.561. The van der Waals surface area contributed by atoms with Gasteiger partial charge >= 0.3 is 0 Å². The van der Waals surface area contributed by atoms with Crippen LogP contribution in [0.15, 0.2) is 60.7 Å². The Hall–Kier alpha value is -3.34. The second kappa shape index (κ2) is 9.44. The van der Waals surface area contributed by atoms with Crippen molar-refractivity contribution in [1.82, 2.24) is 5.32 Å². The summed E-state index contributed by atoms with van der Waals surface area (Å²) in [7, 11) is 1.59. The Morgan fingerprint density at radius 3 is 2.30 bits per heavy atom. The van der Waals surface area contributed by atoms with Gasteiger partial charge in [-0.1, -0.05) is 18.2 Å². The molecule has 1 atom stereocenters. The van der Waals surface area contributed by atoms with Crippen molar-refractivity contribution >= 4 is 5.91 Å². The van der Waals surface area contributed by atoms with Crippen LogP contribution >= 0.6 is 0 Å². The third-order valence-electron chi connectivity index (χ3n) is 4.85. The van der Waals surface area contributed by atoms with E-state index in [4.69, 9.17) is 9.47 Å². The third kappa shape index (κ3) is 5.38. The predicted octanol–water partition coefficient (Wildman–Crippen LogP) is 5.52. The fourth-order valence-electron chi connectivity index (χ4n) is 3.32. The molecule has 0 heterocycles. The normalized spacial score (nSPS) is 11.6. The number of aryl methyl sites for hydroxylation is 2. The Morgan fingerprint density at radius 2 is 1.67 bits per heavy atom. The number of carbonyl (C=O) groups is 1. The first-order valence-electron chi connectivity index (χ1n) is 9.80. The van der Waals surface area contributed by atoms with E-state index in [0.29, 0.717) is 11.3 Å². The molecule has 0 radical (unpaired) electrons. The summed E-state index contributed by atoms with van der Waals surface area (Å²) in [4.78, 5) is 12.7. The molecule has 3 aromatic carbocycles. The number of benzene rings is 3.